The molecule has 0 amide bonds. The van der Waals surface area contributed by atoms with Crippen molar-refractivity contribution in [1.29, 1.82) is 0 Å². The number of rotatable bonds is 5. The molecule has 5 nitrogen and oxygen atoms in total. The number of nitrogens with zero attached hydrogens (tertiary/aromatic N) is 3. The average molecular weight is 248 g/mol. The molecular formula is C13H20N4O. The van der Waals surface area contributed by atoms with Crippen LogP contribution in [0.25, 0.3) is 5.65 Å². The van der Waals surface area contributed by atoms with Crippen LogP contribution in [0.15, 0.2) is 18.5 Å². The van der Waals surface area contributed by atoms with Gasteiger partial charge in [0.2, 0.25) is 0 Å². The molecule has 2 rings (SSSR count). The first-order chi connectivity index (χ1) is 8.54. The summed E-state index contributed by atoms with van der Waals surface area (Å²) >= 11 is 0. The van der Waals surface area contributed by atoms with E-state index >= 15 is 0 Å². The zero-order chi connectivity index (χ0) is 13.1. The van der Waals surface area contributed by atoms with Crippen LogP contribution in [0.3, 0.4) is 0 Å². The van der Waals surface area contributed by atoms with Gasteiger partial charge in [0.25, 0.3) is 0 Å². The Morgan fingerprint density at radius 3 is 2.94 bits per heavy atom. The summed E-state index contributed by atoms with van der Waals surface area (Å²) in [7, 11) is 0. The molecule has 2 aromatic heterocycles. The zero-order valence-electron chi connectivity index (χ0n) is 11.1. The fraction of sp³-hybridized carbons (Fsp3) is 0.538. The summed E-state index contributed by atoms with van der Waals surface area (Å²) in [5, 5.41) is 17.0. The number of fused-ring (bicyclic) bond motifs is 1. The van der Waals surface area contributed by atoms with Gasteiger partial charge < -0.3 is 10.4 Å². The fourth-order valence-corrected chi connectivity index (χ4v) is 2.01. The van der Waals surface area contributed by atoms with Crippen LogP contribution >= 0.6 is 0 Å². The molecule has 18 heavy (non-hydrogen) atoms. The Morgan fingerprint density at radius 1 is 1.44 bits per heavy atom. The van der Waals surface area contributed by atoms with Crippen molar-refractivity contribution in [1.82, 2.24) is 19.9 Å². The highest BCUT2D eigenvalue weighted by molar-refractivity contribution is 5.38. The predicted octanol–water partition coefficient (Wildman–Crippen LogP) is 1.29. The highest BCUT2D eigenvalue weighted by Crippen LogP contribution is 2.05. The number of nitrogens with one attached hydrogen (secondary N) is 1. The summed E-state index contributed by atoms with van der Waals surface area (Å²) in [6, 6.07) is 2.23. The van der Waals surface area contributed by atoms with Crippen molar-refractivity contribution < 1.29 is 5.11 Å². The maximum absolute atomic E-state index is 9.30. The number of aryl methyl sites for hydroxylation is 1. The Kier molecular flexibility index (Phi) is 3.93. The first kappa shape index (κ1) is 13.0. The highest BCUT2D eigenvalue weighted by Gasteiger charge is 2.06. The SMILES string of the molecule is Cc1cc2ncc(CNC(C)CC(C)O)cn2n1. The number of aromatic nitrogens is 3. The van der Waals surface area contributed by atoms with Gasteiger partial charge in [-0.2, -0.15) is 5.10 Å². The standard InChI is InChI=1S/C13H20N4O/c1-9(4-11(3)18)14-6-12-7-15-13-5-10(2)16-17(13)8-12/h5,7-9,11,14,18H,4,6H2,1-3H3. The summed E-state index contributed by atoms with van der Waals surface area (Å²) in [5.41, 5.74) is 2.92. The lowest BCUT2D eigenvalue weighted by Crippen LogP contribution is -2.28. The number of aliphatic hydroxyl groups is 1. The molecule has 5 heteroatoms. The van der Waals surface area contributed by atoms with E-state index in [1.807, 2.05) is 25.4 Å². The predicted molar refractivity (Wildman–Crippen MR) is 70.3 cm³/mol. The molecule has 0 fully saturated rings. The van der Waals surface area contributed by atoms with Crippen molar-refractivity contribution in [2.75, 3.05) is 0 Å². The minimum absolute atomic E-state index is 0.276. The Bertz CT molecular complexity index is 521. The van der Waals surface area contributed by atoms with Gasteiger partial charge in [-0.3, -0.25) is 0 Å². The van der Waals surface area contributed by atoms with Gasteiger partial charge in [0.1, 0.15) is 0 Å². The van der Waals surface area contributed by atoms with Crippen molar-refractivity contribution in [2.45, 2.75) is 45.9 Å². The van der Waals surface area contributed by atoms with E-state index < -0.39 is 0 Å². The van der Waals surface area contributed by atoms with E-state index in [2.05, 4.69) is 22.3 Å². The fourth-order valence-electron chi connectivity index (χ4n) is 2.01. The van der Waals surface area contributed by atoms with Crippen molar-refractivity contribution in [3.05, 3.63) is 29.7 Å². The highest BCUT2D eigenvalue weighted by atomic mass is 16.3. The lowest BCUT2D eigenvalue weighted by molar-refractivity contribution is 0.170. The van der Waals surface area contributed by atoms with Crippen molar-refractivity contribution in [3.8, 4) is 0 Å². The maximum Gasteiger partial charge on any atom is 0.155 e. The van der Waals surface area contributed by atoms with Crippen LogP contribution in [0.1, 0.15) is 31.5 Å². The second-order valence-electron chi connectivity index (χ2n) is 4.92. The van der Waals surface area contributed by atoms with Crippen molar-refractivity contribution in [3.63, 3.8) is 0 Å². The van der Waals surface area contributed by atoms with E-state index in [-0.39, 0.29) is 12.1 Å². The van der Waals surface area contributed by atoms with Crippen molar-refractivity contribution >= 4 is 5.65 Å². The minimum Gasteiger partial charge on any atom is -0.393 e. The lowest BCUT2D eigenvalue weighted by Gasteiger charge is -2.15. The second-order valence-corrected chi connectivity index (χ2v) is 4.92. The first-order valence-corrected chi connectivity index (χ1v) is 6.27. The van der Waals surface area contributed by atoms with Gasteiger partial charge in [-0.25, -0.2) is 9.50 Å². The molecule has 0 bridgehead atoms. The average Bonchev–Trinajstić information content (AvgIpc) is 2.64. The molecule has 98 valence electrons. The van der Waals surface area contributed by atoms with Gasteiger partial charge >= 0.3 is 0 Å². The molecule has 0 aliphatic heterocycles. The molecule has 0 spiro atoms. The molecular weight excluding hydrogens is 228 g/mol. The lowest BCUT2D eigenvalue weighted by atomic mass is 10.1. The van der Waals surface area contributed by atoms with Crippen LogP contribution in [0.2, 0.25) is 0 Å². The largest absolute Gasteiger partial charge is 0.393 e. The summed E-state index contributed by atoms with van der Waals surface area (Å²) in [6.45, 7) is 6.56. The minimum atomic E-state index is -0.276. The maximum atomic E-state index is 9.30. The van der Waals surface area contributed by atoms with Gasteiger partial charge in [-0.05, 0) is 27.2 Å². The van der Waals surface area contributed by atoms with E-state index in [0.29, 0.717) is 0 Å². The molecule has 0 aliphatic carbocycles. The Balaban J connectivity index is 1.99. The van der Waals surface area contributed by atoms with Gasteiger partial charge in [0.15, 0.2) is 5.65 Å². The summed E-state index contributed by atoms with van der Waals surface area (Å²) in [6.07, 6.45) is 4.31. The van der Waals surface area contributed by atoms with E-state index in [1.165, 1.54) is 0 Å². The van der Waals surface area contributed by atoms with Crippen LogP contribution in [-0.2, 0) is 6.54 Å². The quantitative estimate of drug-likeness (QED) is 0.837. The Hall–Kier alpha value is -1.46. The summed E-state index contributed by atoms with van der Waals surface area (Å²) in [4.78, 5) is 4.35. The molecule has 2 aromatic rings. The molecule has 2 unspecified atom stereocenters. The molecule has 0 aromatic carbocycles. The zero-order valence-corrected chi connectivity index (χ0v) is 11.1. The third kappa shape index (κ3) is 3.27. The van der Waals surface area contributed by atoms with Crippen LogP contribution in [0, 0.1) is 6.92 Å². The third-order valence-electron chi connectivity index (χ3n) is 2.84. The Labute approximate surface area is 107 Å². The topological polar surface area (TPSA) is 62.5 Å². The normalized spacial score (nSPS) is 14.9. The number of aliphatic hydroxyl groups excluding tert-OH is 1. The van der Waals surface area contributed by atoms with Crippen molar-refractivity contribution in [2.24, 2.45) is 0 Å². The van der Waals surface area contributed by atoms with Crippen LogP contribution < -0.4 is 5.32 Å². The van der Waals surface area contributed by atoms with Crippen LogP contribution in [0.4, 0.5) is 0 Å². The molecule has 0 saturated carbocycles. The van der Waals surface area contributed by atoms with Crippen LogP contribution in [-0.4, -0.2) is 31.9 Å². The van der Waals surface area contributed by atoms with Gasteiger partial charge in [-0.15, -0.1) is 0 Å². The summed E-state index contributed by atoms with van der Waals surface area (Å²) in [5.74, 6) is 0. The first-order valence-electron chi connectivity index (χ1n) is 6.27. The number of hydrogen-bond acceptors (Lipinski definition) is 4. The van der Waals surface area contributed by atoms with Gasteiger partial charge in [-0.1, -0.05) is 0 Å². The van der Waals surface area contributed by atoms with Gasteiger partial charge in [0.05, 0.1) is 11.8 Å². The Morgan fingerprint density at radius 2 is 2.22 bits per heavy atom. The summed E-state index contributed by atoms with van der Waals surface area (Å²) < 4.78 is 1.80. The van der Waals surface area contributed by atoms with Gasteiger partial charge in [0, 0.05) is 36.6 Å². The van der Waals surface area contributed by atoms with E-state index in [4.69, 9.17) is 0 Å². The molecule has 0 aliphatic rings. The molecule has 0 saturated heterocycles. The smallest absolute Gasteiger partial charge is 0.155 e. The molecule has 2 atom stereocenters. The monoisotopic (exact) mass is 248 g/mol. The van der Waals surface area contributed by atoms with E-state index in [1.54, 1.807) is 11.4 Å². The van der Waals surface area contributed by atoms with Crippen LogP contribution in [0.5, 0.6) is 0 Å². The van der Waals surface area contributed by atoms with E-state index in [0.717, 1.165) is 29.9 Å². The van der Waals surface area contributed by atoms with E-state index in [9.17, 15) is 5.11 Å². The third-order valence-corrected chi connectivity index (χ3v) is 2.84. The second kappa shape index (κ2) is 5.46. The molecule has 2 heterocycles. The molecule has 0 radical (unpaired) electrons. The number of hydrogen-bond donors (Lipinski definition) is 2. The molecule has 2 N–H and O–H groups in total.